The summed E-state index contributed by atoms with van der Waals surface area (Å²) in [4.78, 5) is 22.1. The number of ether oxygens (including phenoxy) is 1. The van der Waals surface area contributed by atoms with Crippen molar-refractivity contribution < 1.29 is 9.53 Å². The van der Waals surface area contributed by atoms with E-state index >= 15 is 0 Å². The molecular weight excluding hydrogens is 504 g/mol. The maximum atomic E-state index is 12.7. The quantitative estimate of drug-likeness (QED) is 0.342. The molecule has 0 aliphatic carbocycles. The second kappa shape index (κ2) is 9.13. The minimum absolute atomic E-state index is 0.240. The smallest absolute Gasteiger partial charge is 0.410 e. The predicted molar refractivity (Wildman–Crippen MR) is 139 cm³/mol. The fraction of sp³-hybridized carbons (Fsp3) is 0.286. The highest BCUT2D eigenvalue weighted by Gasteiger charge is 2.42. The number of hydrogen-bond acceptors (Lipinski definition) is 4. The average Bonchev–Trinajstić information content (AvgIpc) is 3.52. The first-order valence-corrected chi connectivity index (χ1v) is 12.8. The van der Waals surface area contributed by atoms with E-state index in [0.717, 1.165) is 59.7 Å². The molecule has 4 aromatic rings. The van der Waals surface area contributed by atoms with Gasteiger partial charge >= 0.3 is 6.09 Å². The normalized spacial score (nSPS) is 19.9. The number of imidazole rings is 1. The molecule has 1 amide bonds. The van der Waals surface area contributed by atoms with Gasteiger partial charge in [0.15, 0.2) is 0 Å². The Morgan fingerprint density at radius 2 is 1.77 bits per heavy atom. The Kier molecular flexibility index (Phi) is 5.82. The van der Waals surface area contributed by atoms with Gasteiger partial charge in [-0.15, -0.1) is 0 Å². The maximum absolute atomic E-state index is 12.7. The van der Waals surface area contributed by atoms with Crippen molar-refractivity contribution in [1.29, 1.82) is 0 Å². The van der Waals surface area contributed by atoms with Gasteiger partial charge in [-0.1, -0.05) is 46.3 Å². The first kappa shape index (κ1) is 22.3. The Balaban J connectivity index is 1.16. The fourth-order valence-electron chi connectivity index (χ4n) is 5.46. The maximum Gasteiger partial charge on any atom is 0.415 e. The third kappa shape index (κ3) is 4.46. The number of rotatable bonds is 4. The van der Waals surface area contributed by atoms with Gasteiger partial charge in [-0.25, -0.2) is 9.78 Å². The third-order valence-corrected chi connectivity index (χ3v) is 7.66. The second-order valence-corrected chi connectivity index (χ2v) is 10.6. The molecule has 2 aromatic heterocycles. The number of hydrogen-bond donors (Lipinski definition) is 0. The van der Waals surface area contributed by atoms with Crippen LogP contribution >= 0.6 is 15.9 Å². The summed E-state index contributed by atoms with van der Waals surface area (Å²) in [6.07, 6.45) is 1.86. The van der Waals surface area contributed by atoms with Gasteiger partial charge in [-0.3, -0.25) is 4.90 Å². The summed E-state index contributed by atoms with van der Waals surface area (Å²) in [5.74, 6) is 1.55. The molecular formula is C28H27BrN4O2. The number of halogens is 1. The summed E-state index contributed by atoms with van der Waals surface area (Å²) in [6, 6.07) is 22.1. The monoisotopic (exact) mass is 530 g/mol. The molecule has 2 aliphatic rings. The number of nitrogens with zero attached hydrogens (tertiary/aromatic N) is 4. The van der Waals surface area contributed by atoms with E-state index < -0.39 is 0 Å². The van der Waals surface area contributed by atoms with Crippen LogP contribution in [-0.2, 0) is 6.54 Å². The number of aromatic nitrogens is 2. The average molecular weight is 531 g/mol. The van der Waals surface area contributed by atoms with Gasteiger partial charge in [0.1, 0.15) is 11.4 Å². The molecule has 7 heteroatoms. The number of pyridine rings is 1. The van der Waals surface area contributed by atoms with Crippen molar-refractivity contribution >= 4 is 27.7 Å². The van der Waals surface area contributed by atoms with E-state index in [0.29, 0.717) is 17.6 Å². The zero-order valence-electron chi connectivity index (χ0n) is 19.6. The van der Waals surface area contributed by atoms with E-state index in [9.17, 15) is 4.79 Å². The number of carbonyl (C=O) groups excluding carboxylic acids is 1. The first-order valence-electron chi connectivity index (χ1n) is 12.0. The molecule has 2 saturated heterocycles. The number of fused-ring (bicyclic) bond motifs is 2. The zero-order chi connectivity index (χ0) is 23.9. The lowest BCUT2D eigenvalue weighted by atomic mass is 10.0. The molecule has 2 unspecified atom stereocenters. The highest BCUT2D eigenvalue weighted by Crippen LogP contribution is 2.34. The van der Waals surface area contributed by atoms with Crippen LogP contribution in [0.25, 0.3) is 16.9 Å². The van der Waals surface area contributed by atoms with Crippen LogP contribution in [-0.4, -0.2) is 51.5 Å². The van der Waals surface area contributed by atoms with Crippen molar-refractivity contribution in [2.75, 3.05) is 26.2 Å². The Morgan fingerprint density at radius 1 is 1.00 bits per heavy atom. The molecule has 178 valence electrons. The molecule has 0 N–H and O–H groups in total. The van der Waals surface area contributed by atoms with E-state index in [1.165, 1.54) is 5.69 Å². The zero-order valence-corrected chi connectivity index (χ0v) is 21.2. The van der Waals surface area contributed by atoms with E-state index in [1.54, 1.807) is 0 Å². The van der Waals surface area contributed by atoms with Crippen molar-refractivity contribution in [2.24, 2.45) is 11.8 Å². The summed E-state index contributed by atoms with van der Waals surface area (Å²) in [5.41, 5.74) is 5.41. The van der Waals surface area contributed by atoms with Gasteiger partial charge in [0.25, 0.3) is 0 Å². The lowest BCUT2D eigenvalue weighted by molar-refractivity contribution is 0.155. The lowest BCUT2D eigenvalue weighted by Gasteiger charge is -2.21. The Labute approximate surface area is 213 Å². The molecule has 2 aliphatic heterocycles. The number of likely N-dealkylation sites (tertiary alicyclic amines) is 2. The standard InChI is InChI=1S/C28H27BrN4O2/c1-19-5-4-6-24(13-19)35-28(34)32-16-21-14-31(15-22(21)17-32)18-25-27(20-8-10-23(29)11-9-20)30-26-7-2-3-12-33(25)26/h2-13,21-22H,14-18H2,1H3. The van der Waals surface area contributed by atoms with Gasteiger partial charge in [0.05, 0.1) is 11.4 Å². The SMILES string of the molecule is Cc1cccc(OC(=O)N2CC3CN(Cc4c(-c5ccc(Br)cc5)nc5ccccn45)CC3C2)c1. The van der Waals surface area contributed by atoms with Gasteiger partial charge < -0.3 is 14.0 Å². The van der Waals surface area contributed by atoms with E-state index in [1.807, 2.05) is 42.2 Å². The first-order chi connectivity index (χ1) is 17.0. The Morgan fingerprint density at radius 3 is 2.51 bits per heavy atom. The molecule has 4 heterocycles. The molecule has 35 heavy (non-hydrogen) atoms. The van der Waals surface area contributed by atoms with Crippen molar-refractivity contribution in [2.45, 2.75) is 13.5 Å². The summed E-state index contributed by atoms with van der Waals surface area (Å²) >= 11 is 3.54. The topological polar surface area (TPSA) is 50.1 Å². The largest absolute Gasteiger partial charge is 0.415 e. The van der Waals surface area contributed by atoms with Gasteiger partial charge in [0, 0.05) is 49.0 Å². The van der Waals surface area contributed by atoms with Crippen molar-refractivity contribution in [1.82, 2.24) is 19.2 Å². The van der Waals surface area contributed by atoms with Crippen LogP contribution in [0, 0.1) is 18.8 Å². The Hall–Kier alpha value is -3.16. The van der Waals surface area contributed by atoms with Crippen LogP contribution < -0.4 is 4.74 Å². The van der Waals surface area contributed by atoms with E-state index in [2.05, 4.69) is 67.8 Å². The molecule has 2 fully saturated rings. The predicted octanol–water partition coefficient (Wildman–Crippen LogP) is 5.63. The van der Waals surface area contributed by atoms with E-state index in [-0.39, 0.29) is 6.09 Å². The van der Waals surface area contributed by atoms with Crippen LogP contribution in [0.3, 0.4) is 0 Å². The molecule has 0 spiro atoms. The molecule has 6 rings (SSSR count). The molecule has 2 aromatic carbocycles. The molecule has 6 nitrogen and oxygen atoms in total. The number of amides is 1. The number of aryl methyl sites for hydroxylation is 1. The number of carbonyl (C=O) groups is 1. The third-order valence-electron chi connectivity index (χ3n) is 7.13. The summed E-state index contributed by atoms with van der Waals surface area (Å²) < 4.78 is 8.90. The summed E-state index contributed by atoms with van der Waals surface area (Å²) in [6.45, 7) is 6.27. The van der Waals surface area contributed by atoms with Gasteiger partial charge in [-0.2, -0.15) is 0 Å². The Bertz CT molecular complexity index is 1370. The second-order valence-electron chi connectivity index (χ2n) is 9.65. The molecule has 2 atom stereocenters. The van der Waals surface area contributed by atoms with Gasteiger partial charge in [-0.05, 0) is 60.7 Å². The van der Waals surface area contributed by atoms with Crippen LogP contribution in [0.2, 0.25) is 0 Å². The van der Waals surface area contributed by atoms with Crippen molar-refractivity contribution in [3.63, 3.8) is 0 Å². The summed E-state index contributed by atoms with van der Waals surface area (Å²) in [5, 5.41) is 0. The number of benzene rings is 2. The fourth-order valence-corrected chi connectivity index (χ4v) is 5.73. The minimum Gasteiger partial charge on any atom is -0.410 e. The lowest BCUT2D eigenvalue weighted by Crippen LogP contribution is -2.35. The van der Waals surface area contributed by atoms with Crippen LogP contribution in [0.5, 0.6) is 5.75 Å². The van der Waals surface area contributed by atoms with Crippen LogP contribution in [0.4, 0.5) is 4.79 Å². The van der Waals surface area contributed by atoms with Crippen LogP contribution in [0.15, 0.2) is 77.4 Å². The highest BCUT2D eigenvalue weighted by molar-refractivity contribution is 9.10. The molecule has 0 saturated carbocycles. The van der Waals surface area contributed by atoms with Crippen LogP contribution in [0.1, 0.15) is 11.3 Å². The minimum atomic E-state index is -0.240. The molecule has 0 bridgehead atoms. The van der Waals surface area contributed by atoms with E-state index in [4.69, 9.17) is 9.72 Å². The van der Waals surface area contributed by atoms with Crippen molar-refractivity contribution in [3.05, 3.63) is 88.7 Å². The van der Waals surface area contributed by atoms with Gasteiger partial charge in [0.2, 0.25) is 0 Å². The molecule has 0 radical (unpaired) electrons. The highest BCUT2D eigenvalue weighted by atomic mass is 79.9. The summed E-state index contributed by atoms with van der Waals surface area (Å²) in [7, 11) is 0. The van der Waals surface area contributed by atoms with Crippen molar-refractivity contribution in [3.8, 4) is 17.0 Å².